The summed E-state index contributed by atoms with van der Waals surface area (Å²) in [5, 5.41) is 3.80. The average molecular weight is 281 g/mol. The maximum Gasteiger partial charge on any atom is 0.0587 e. The van der Waals surface area contributed by atoms with E-state index in [0.29, 0.717) is 11.5 Å². The SMILES string of the molecule is CC(C)(C)C1CCCC(NCCC2CCCCO2)CC1. The van der Waals surface area contributed by atoms with Crippen molar-refractivity contribution in [3.05, 3.63) is 0 Å². The van der Waals surface area contributed by atoms with Crippen LogP contribution in [-0.2, 0) is 4.74 Å². The second-order valence-electron chi connectivity index (χ2n) is 8.00. The van der Waals surface area contributed by atoms with E-state index >= 15 is 0 Å². The Bertz CT molecular complexity index is 265. The summed E-state index contributed by atoms with van der Waals surface area (Å²) in [7, 11) is 0. The fourth-order valence-electron chi connectivity index (χ4n) is 3.86. The largest absolute Gasteiger partial charge is 0.378 e. The van der Waals surface area contributed by atoms with Gasteiger partial charge in [0, 0.05) is 12.6 Å². The number of nitrogens with one attached hydrogen (secondary N) is 1. The summed E-state index contributed by atoms with van der Waals surface area (Å²) in [5.74, 6) is 0.913. The van der Waals surface area contributed by atoms with Gasteiger partial charge in [-0.15, -0.1) is 0 Å². The normalized spacial score (nSPS) is 32.9. The molecule has 1 aliphatic carbocycles. The molecule has 1 saturated heterocycles. The van der Waals surface area contributed by atoms with Gasteiger partial charge in [-0.25, -0.2) is 0 Å². The Morgan fingerprint density at radius 1 is 0.950 bits per heavy atom. The molecule has 0 radical (unpaired) electrons. The standard InChI is InChI=1S/C18H35NO/c1-18(2,3)15-7-6-8-16(11-10-15)19-13-12-17-9-4-5-14-20-17/h15-17,19H,4-14H2,1-3H3. The topological polar surface area (TPSA) is 21.3 Å². The van der Waals surface area contributed by atoms with Crippen LogP contribution in [0.5, 0.6) is 0 Å². The van der Waals surface area contributed by atoms with Crippen molar-refractivity contribution in [3.8, 4) is 0 Å². The summed E-state index contributed by atoms with van der Waals surface area (Å²) in [6, 6.07) is 0.756. The van der Waals surface area contributed by atoms with Crippen LogP contribution in [0.1, 0.15) is 78.6 Å². The van der Waals surface area contributed by atoms with Crippen LogP contribution in [0.25, 0.3) is 0 Å². The van der Waals surface area contributed by atoms with Crippen LogP contribution >= 0.6 is 0 Å². The van der Waals surface area contributed by atoms with Crippen LogP contribution < -0.4 is 5.32 Å². The van der Waals surface area contributed by atoms with Gasteiger partial charge in [0.2, 0.25) is 0 Å². The first kappa shape index (κ1) is 16.3. The molecule has 2 nitrogen and oxygen atoms in total. The summed E-state index contributed by atoms with van der Waals surface area (Å²) in [4.78, 5) is 0. The molecule has 3 unspecified atom stereocenters. The van der Waals surface area contributed by atoms with Crippen molar-refractivity contribution in [2.24, 2.45) is 11.3 Å². The molecular weight excluding hydrogens is 246 g/mol. The van der Waals surface area contributed by atoms with E-state index in [4.69, 9.17) is 4.74 Å². The van der Waals surface area contributed by atoms with E-state index in [1.165, 1.54) is 57.8 Å². The first-order valence-electron chi connectivity index (χ1n) is 8.90. The van der Waals surface area contributed by atoms with E-state index in [-0.39, 0.29) is 0 Å². The van der Waals surface area contributed by atoms with E-state index in [0.717, 1.165) is 25.1 Å². The third-order valence-corrected chi connectivity index (χ3v) is 5.37. The monoisotopic (exact) mass is 281 g/mol. The van der Waals surface area contributed by atoms with E-state index < -0.39 is 0 Å². The summed E-state index contributed by atoms with van der Waals surface area (Å²) in [6.45, 7) is 9.36. The van der Waals surface area contributed by atoms with Crippen LogP contribution in [0.15, 0.2) is 0 Å². The van der Waals surface area contributed by atoms with Crippen LogP contribution in [0.4, 0.5) is 0 Å². The summed E-state index contributed by atoms with van der Waals surface area (Å²) in [6.07, 6.45) is 12.6. The molecule has 0 bridgehead atoms. The van der Waals surface area contributed by atoms with Gasteiger partial charge in [-0.05, 0) is 69.2 Å². The first-order chi connectivity index (χ1) is 9.55. The van der Waals surface area contributed by atoms with Gasteiger partial charge in [-0.2, -0.15) is 0 Å². The minimum atomic E-state index is 0.491. The molecule has 0 amide bonds. The molecule has 2 aliphatic rings. The third-order valence-electron chi connectivity index (χ3n) is 5.37. The number of hydrogen-bond acceptors (Lipinski definition) is 2. The summed E-state index contributed by atoms with van der Waals surface area (Å²) < 4.78 is 5.81. The molecule has 2 rings (SSSR count). The van der Waals surface area contributed by atoms with E-state index in [1.807, 2.05) is 0 Å². The molecule has 3 atom stereocenters. The van der Waals surface area contributed by atoms with Crippen molar-refractivity contribution in [2.45, 2.75) is 90.7 Å². The second-order valence-corrected chi connectivity index (χ2v) is 8.00. The van der Waals surface area contributed by atoms with Gasteiger partial charge in [0.25, 0.3) is 0 Å². The maximum atomic E-state index is 5.81. The minimum absolute atomic E-state index is 0.491. The third kappa shape index (κ3) is 5.37. The van der Waals surface area contributed by atoms with Crippen molar-refractivity contribution in [3.63, 3.8) is 0 Å². The Morgan fingerprint density at radius 2 is 1.80 bits per heavy atom. The lowest BCUT2D eigenvalue weighted by Gasteiger charge is -2.29. The highest BCUT2D eigenvalue weighted by molar-refractivity contribution is 4.81. The molecule has 1 aliphatic heterocycles. The molecule has 118 valence electrons. The van der Waals surface area contributed by atoms with Crippen molar-refractivity contribution in [1.29, 1.82) is 0 Å². The van der Waals surface area contributed by atoms with Crippen molar-refractivity contribution in [2.75, 3.05) is 13.2 Å². The second kappa shape index (κ2) is 7.79. The van der Waals surface area contributed by atoms with Gasteiger partial charge in [0.1, 0.15) is 0 Å². The number of hydrogen-bond donors (Lipinski definition) is 1. The lowest BCUT2D eigenvalue weighted by Crippen LogP contribution is -2.32. The van der Waals surface area contributed by atoms with Crippen molar-refractivity contribution in [1.82, 2.24) is 5.32 Å². The Morgan fingerprint density at radius 3 is 2.50 bits per heavy atom. The summed E-state index contributed by atoms with van der Waals surface area (Å²) >= 11 is 0. The highest BCUT2D eigenvalue weighted by atomic mass is 16.5. The fourth-order valence-corrected chi connectivity index (χ4v) is 3.86. The van der Waals surface area contributed by atoms with Gasteiger partial charge in [0.05, 0.1) is 6.10 Å². The first-order valence-corrected chi connectivity index (χ1v) is 8.90. The van der Waals surface area contributed by atoms with Gasteiger partial charge in [-0.3, -0.25) is 0 Å². The van der Waals surface area contributed by atoms with Crippen molar-refractivity contribution >= 4 is 0 Å². The molecule has 0 aromatic rings. The minimum Gasteiger partial charge on any atom is -0.378 e. The predicted octanol–water partition coefficient (Wildman–Crippen LogP) is 4.53. The number of rotatable bonds is 4. The highest BCUT2D eigenvalue weighted by Gasteiger charge is 2.27. The zero-order chi connectivity index (χ0) is 14.4. The highest BCUT2D eigenvalue weighted by Crippen LogP contribution is 2.36. The van der Waals surface area contributed by atoms with Gasteiger partial charge < -0.3 is 10.1 Å². The Hall–Kier alpha value is -0.0800. The Balaban J connectivity index is 1.64. The molecular formula is C18H35NO. The molecule has 20 heavy (non-hydrogen) atoms. The molecule has 1 heterocycles. The van der Waals surface area contributed by atoms with Crippen LogP contribution in [0.2, 0.25) is 0 Å². The molecule has 1 saturated carbocycles. The molecule has 0 aromatic carbocycles. The molecule has 1 N–H and O–H groups in total. The van der Waals surface area contributed by atoms with Gasteiger partial charge >= 0.3 is 0 Å². The van der Waals surface area contributed by atoms with Crippen molar-refractivity contribution < 1.29 is 4.74 Å². The predicted molar refractivity (Wildman–Crippen MR) is 86.0 cm³/mol. The smallest absolute Gasteiger partial charge is 0.0587 e. The lowest BCUT2D eigenvalue weighted by molar-refractivity contribution is 0.0111. The maximum absolute atomic E-state index is 5.81. The van der Waals surface area contributed by atoms with Gasteiger partial charge in [-0.1, -0.05) is 27.2 Å². The van der Waals surface area contributed by atoms with E-state index in [2.05, 4.69) is 26.1 Å². The molecule has 0 spiro atoms. The average Bonchev–Trinajstić information content (AvgIpc) is 2.65. The van der Waals surface area contributed by atoms with Crippen LogP contribution in [0.3, 0.4) is 0 Å². The van der Waals surface area contributed by atoms with E-state index in [9.17, 15) is 0 Å². The zero-order valence-electron chi connectivity index (χ0n) is 13.9. The quantitative estimate of drug-likeness (QED) is 0.764. The van der Waals surface area contributed by atoms with E-state index in [1.54, 1.807) is 0 Å². The number of ether oxygens (including phenoxy) is 1. The Labute approximate surface area is 126 Å². The zero-order valence-corrected chi connectivity index (χ0v) is 13.9. The molecule has 0 aromatic heterocycles. The van der Waals surface area contributed by atoms with Crippen LogP contribution in [-0.4, -0.2) is 25.3 Å². The Kier molecular flexibility index (Phi) is 6.35. The van der Waals surface area contributed by atoms with Gasteiger partial charge in [0.15, 0.2) is 0 Å². The van der Waals surface area contributed by atoms with Crippen LogP contribution in [0, 0.1) is 11.3 Å². The fraction of sp³-hybridized carbons (Fsp3) is 1.00. The lowest BCUT2D eigenvalue weighted by atomic mass is 9.76. The molecule has 2 fully saturated rings. The molecule has 2 heteroatoms. The summed E-state index contributed by atoms with van der Waals surface area (Å²) in [5.41, 5.74) is 0.491.